The van der Waals surface area contributed by atoms with E-state index in [-0.39, 0.29) is 5.03 Å². The number of nitriles is 1. The molecule has 0 radical (unpaired) electrons. The van der Waals surface area contributed by atoms with Gasteiger partial charge < -0.3 is 0 Å². The van der Waals surface area contributed by atoms with Gasteiger partial charge in [0.1, 0.15) is 6.07 Å². The van der Waals surface area contributed by atoms with Crippen molar-refractivity contribution in [2.75, 3.05) is 11.4 Å². The van der Waals surface area contributed by atoms with Crippen molar-refractivity contribution in [3.63, 3.8) is 0 Å². The molecule has 1 heterocycles. The lowest BCUT2D eigenvalue weighted by molar-refractivity contribution is 0.590. The Labute approximate surface area is 105 Å². The maximum absolute atomic E-state index is 12.2. The molecule has 1 aromatic carbocycles. The molecule has 2 aromatic rings. The summed E-state index contributed by atoms with van der Waals surface area (Å²) in [7, 11) is -2.32. The van der Waals surface area contributed by atoms with Crippen molar-refractivity contribution < 1.29 is 8.42 Å². The molecule has 0 saturated heterocycles. The van der Waals surface area contributed by atoms with Crippen LogP contribution in [-0.4, -0.2) is 25.7 Å². The summed E-state index contributed by atoms with van der Waals surface area (Å²) in [6.07, 6.45) is 1.36. The third-order valence-corrected chi connectivity index (χ3v) is 4.18. The Kier molecular flexibility index (Phi) is 3.04. The molecule has 0 amide bonds. The van der Waals surface area contributed by atoms with Gasteiger partial charge >= 0.3 is 0 Å². The van der Waals surface area contributed by atoms with Crippen molar-refractivity contribution in [3.05, 3.63) is 42.1 Å². The fourth-order valence-corrected chi connectivity index (χ4v) is 2.62. The summed E-state index contributed by atoms with van der Waals surface area (Å²) < 4.78 is 25.5. The van der Waals surface area contributed by atoms with Crippen LogP contribution in [0.4, 0.5) is 5.69 Å². The minimum Gasteiger partial charge on any atom is -0.267 e. The van der Waals surface area contributed by atoms with Gasteiger partial charge in [0.15, 0.2) is 5.03 Å². The monoisotopic (exact) mass is 262 g/mol. The molecule has 0 aliphatic carbocycles. The van der Waals surface area contributed by atoms with Crippen LogP contribution >= 0.6 is 0 Å². The maximum atomic E-state index is 12.2. The van der Waals surface area contributed by atoms with E-state index < -0.39 is 10.0 Å². The number of H-pyrrole nitrogens is 1. The average molecular weight is 262 g/mol. The van der Waals surface area contributed by atoms with Gasteiger partial charge in [0.05, 0.1) is 17.4 Å². The standard InChI is InChI=1S/C11H10N4O2S/c1-15(10-5-3-2-4-9(10)8-12)18(16,17)11-6-7-13-14-11/h2-7H,1H3,(H,13,14). The van der Waals surface area contributed by atoms with Crippen molar-refractivity contribution in [2.24, 2.45) is 0 Å². The molecule has 0 bridgehead atoms. The molecular formula is C11H10N4O2S. The molecule has 0 aliphatic heterocycles. The molecule has 2 rings (SSSR count). The van der Waals surface area contributed by atoms with E-state index in [2.05, 4.69) is 10.2 Å². The first-order valence-electron chi connectivity index (χ1n) is 5.05. The Bertz CT molecular complexity index is 686. The number of aromatic amines is 1. The van der Waals surface area contributed by atoms with E-state index in [9.17, 15) is 8.42 Å². The van der Waals surface area contributed by atoms with Gasteiger partial charge in [-0.2, -0.15) is 18.8 Å². The van der Waals surface area contributed by atoms with E-state index in [1.165, 1.54) is 19.3 Å². The number of sulfonamides is 1. The first-order chi connectivity index (χ1) is 8.57. The quantitative estimate of drug-likeness (QED) is 0.897. The van der Waals surface area contributed by atoms with Crippen LogP contribution in [0.15, 0.2) is 41.6 Å². The SMILES string of the molecule is CN(c1ccccc1C#N)S(=O)(=O)c1ccn[nH]1. The van der Waals surface area contributed by atoms with Gasteiger partial charge in [-0.3, -0.25) is 9.40 Å². The highest BCUT2D eigenvalue weighted by Gasteiger charge is 2.24. The summed E-state index contributed by atoms with van der Waals surface area (Å²) in [5, 5.41) is 15.0. The van der Waals surface area contributed by atoms with Crippen LogP contribution in [0.25, 0.3) is 0 Å². The summed E-state index contributed by atoms with van der Waals surface area (Å²) in [5.41, 5.74) is 0.623. The van der Waals surface area contributed by atoms with Crippen LogP contribution in [0, 0.1) is 11.3 Å². The molecule has 0 aliphatic rings. The minimum atomic E-state index is -3.72. The Morgan fingerprint density at radius 3 is 2.67 bits per heavy atom. The van der Waals surface area contributed by atoms with E-state index in [0.29, 0.717) is 11.3 Å². The molecule has 0 fully saturated rings. The van der Waals surface area contributed by atoms with Crippen LogP contribution in [-0.2, 0) is 10.0 Å². The average Bonchev–Trinajstić information content (AvgIpc) is 2.92. The van der Waals surface area contributed by atoms with E-state index in [1.54, 1.807) is 24.3 Å². The number of hydrogen-bond acceptors (Lipinski definition) is 4. The first-order valence-corrected chi connectivity index (χ1v) is 6.49. The predicted molar refractivity (Wildman–Crippen MR) is 65.3 cm³/mol. The lowest BCUT2D eigenvalue weighted by Crippen LogP contribution is -2.27. The molecule has 0 atom stereocenters. The summed E-state index contributed by atoms with van der Waals surface area (Å²) in [6.45, 7) is 0. The van der Waals surface area contributed by atoms with E-state index in [0.717, 1.165) is 4.31 Å². The number of para-hydroxylation sites is 1. The fourth-order valence-electron chi connectivity index (χ4n) is 1.51. The number of hydrogen-bond donors (Lipinski definition) is 1. The lowest BCUT2D eigenvalue weighted by Gasteiger charge is -2.19. The lowest BCUT2D eigenvalue weighted by atomic mass is 10.2. The molecular weight excluding hydrogens is 252 g/mol. The summed E-state index contributed by atoms with van der Waals surface area (Å²) in [5.74, 6) is 0. The number of aromatic nitrogens is 2. The van der Waals surface area contributed by atoms with Crippen LogP contribution in [0.2, 0.25) is 0 Å². The van der Waals surface area contributed by atoms with Crippen LogP contribution in [0.5, 0.6) is 0 Å². The molecule has 92 valence electrons. The molecule has 7 heteroatoms. The Morgan fingerprint density at radius 2 is 2.06 bits per heavy atom. The van der Waals surface area contributed by atoms with E-state index in [4.69, 9.17) is 5.26 Å². The highest BCUT2D eigenvalue weighted by Crippen LogP contribution is 2.23. The van der Waals surface area contributed by atoms with Gasteiger partial charge in [0.2, 0.25) is 0 Å². The third-order valence-electron chi connectivity index (χ3n) is 2.48. The molecule has 0 saturated carbocycles. The van der Waals surface area contributed by atoms with Crippen molar-refractivity contribution in [1.29, 1.82) is 5.26 Å². The second-order valence-electron chi connectivity index (χ2n) is 3.52. The largest absolute Gasteiger partial charge is 0.281 e. The number of nitrogens with zero attached hydrogens (tertiary/aromatic N) is 3. The van der Waals surface area contributed by atoms with Gasteiger partial charge in [-0.25, -0.2) is 0 Å². The Hall–Kier alpha value is -2.33. The van der Waals surface area contributed by atoms with Gasteiger partial charge in [-0.15, -0.1) is 0 Å². The summed E-state index contributed by atoms with van der Waals surface area (Å²) >= 11 is 0. The summed E-state index contributed by atoms with van der Waals surface area (Å²) in [4.78, 5) is 0. The number of anilines is 1. The van der Waals surface area contributed by atoms with Crippen molar-refractivity contribution in [1.82, 2.24) is 10.2 Å². The topological polar surface area (TPSA) is 89.8 Å². The number of benzene rings is 1. The highest BCUT2D eigenvalue weighted by molar-refractivity contribution is 7.92. The predicted octanol–water partition coefficient (Wildman–Crippen LogP) is 1.11. The normalized spacial score (nSPS) is 10.9. The van der Waals surface area contributed by atoms with E-state index >= 15 is 0 Å². The number of rotatable bonds is 3. The molecule has 0 unspecified atom stereocenters. The van der Waals surface area contributed by atoms with Gasteiger partial charge in [0.25, 0.3) is 10.0 Å². The zero-order valence-corrected chi connectivity index (χ0v) is 10.3. The third kappa shape index (κ3) is 1.94. The molecule has 18 heavy (non-hydrogen) atoms. The first kappa shape index (κ1) is 12.1. The van der Waals surface area contributed by atoms with Crippen molar-refractivity contribution in [3.8, 4) is 6.07 Å². The van der Waals surface area contributed by atoms with Gasteiger partial charge in [0, 0.05) is 7.05 Å². The van der Waals surface area contributed by atoms with Crippen LogP contribution in [0.3, 0.4) is 0 Å². The second kappa shape index (κ2) is 4.50. The Morgan fingerprint density at radius 1 is 1.33 bits per heavy atom. The van der Waals surface area contributed by atoms with Crippen molar-refractivity contribution >= 4 is 15.7 Å². The van der Waals surface area contributed by atoms with Crippen LogP contribution in [0.1, 0.15) is 5.56 Å². The highest BCUT2D eigenvalue weighted by atomic mass is 32.2. The van der Waals surface area contributed by atoms with Gasteiger partial charge in [-0.05, 0) is 18.2 Å². The minimum absolute atomic E-state index is 0.0160. The maximum Gasteiger partial charge on any atom is 0.281 e. The van der Waals surface area contributed by atoms with Crippen molar-refractivity contribution in [2.45, 2.75) is 5.03 Å². The van der Waals surface area contributed by atoms with E-state index in [1.807, 2.05) is 6.07 Å². The zero-order valence-electron chi connectivity index (χ0n) is 9.53. The molecule has 1 aromatic heterocycles. The second-order valence-corrected chi connectivity index (χ2v) is 5.46. The Balaban J connectivity index is 2.50. The number of nitrogens with one attached hydrogen (secondary N) is 1. The van der Waals surface area contributed by atoms with Gasteiger partial charge in [-0.1, -0.05) is 12.1 Å². The molecule has 0 spiro atoms. The molecule has 6 nitrogen and oxygen atoms in total. The molecule has 1 N–H and O–H groups in total. The summed E-state index contributed by atoms with van der Waals surface area (Å²) in [6, 6.07) is 9.82. The zero-order chi connectivity index (χ0) is 13.2. The smallest absolute Gasteiger partial charge is 0.267 e. The van der Waals surface area contributed by atoms with Crippen LogP contribution < -0.4 is 4.31 Å². The fraction of sp³-hybridized carbons (Fsp3) is 0.0909.